The van der Waals surface area contributed by atoms with E-state index in [-0.39, 0.29) is 12.5 Å². The lowest BCUT2D eigenvalue weighted by molar-refractivity contribution is -0.123. The Kier molecular flexibility index (Phi) is 4.49. The molecular weight excluding hydrogens is 276 g/mol. The fourth-order valence-electron chi connectivity index (χ4n) is 2.60. The van der Waals surface area contributed by atoms with E-state index in [0.717, 1.165) is 30.6 Å². The largest absolute Gasteiger partial charge is 0.386 e. The lowest BCUT2D eigenvalue weighted by Gasteiger charge is -2.28. The predicted octanol–water partition coefficient (Wildman–Crippen LogP) is 3.02. The molecule has 0 aliphatic carbocycles. The second kappa shape index (κ2) is 6.89. The number of hydrogen-bond acceptors (Lipinski definition) is 3. The van der Waals surface area contributed by atoms with Crippen LogP contribution in [0.25, 0.3) is 0 Å². The Labute approximate surface area is 130 Å². The van der Waals surface area contributed by atoms with Crippen molar-refractivity contribution in [2.24, 2.45) is 5.16 Å². The van der Waals surface area contributed by atoms with Gasteiger partial charge in [-0.3, -0.25) is 4.79 Å². The highest BCUT2D eigenvalue weighted by Gasteiger charge is 2.22. The number of benzene rings is 2. The van der Waals surface area contributed by atoms with Gasteiger partial charge in [0, 0.05) is 12.2 Å². The summed E-state index contributed by atoms with van der Waals surface area (Å²) in [6.07, 6.45) is 3.61. The first-order chi connectivity index (χ1) is 10.8. The van der Waals surface area contributed by atoms with Gasteiger partial charge in [0.2, 0.25) is 0 Å². The Morgan fingerprint density at radius 1 is 1.14 bits per heavy atom. The molecule has 0 radical (unpaired) electrons. The molecule has 0 N–H and O–H groups in total. The van der Waals surface area contributed by atoms with Gasteiger partial charge < -0.3 is 9.74 Å². The van der Waals surface area contributed by atoms with Crippen LogP contribution in [0.5, 0.6) is 0 Å². The standard InChI is InChI=1S/C18H18N2O2/c21-18(14-22-19-13-15-7-2-1-3-8-15)20-12-6-10-16-9-4-5-11-17(16)20/h1-5,7-9,11,13H,6,10,12,14H2/b19-13-. The van der Waals surface area contributed by atoms with Gasteiger partial charge in [-0.15, -0.1) is 0 Å². The van der Waals surface area contributed by atoms with Crippen LogP contribution < -0.4 is 4.90 Å². The minimum atomic E-state index is -0.0580. The highest BCUT2D eigenvalue weighted by atomic mass is 16.6. The molecule has 1 heterocycles. The molecular formula is C18H18N2O2. The molecule has 2 aromatic carbocycles. The third-order valence-electron chi connectivity index (χ3n) is 3.68. The topological polar surface area (TPSA) is 41.9 Å². The van der Waals surface area contributed by atoms with Crippen molar-refractivity contribution >= 4 is 17.8 Å². The maximum Gasteiger partial charge on any atom is 0.267 e. The summed E-state index contributed by atoms with van der Waals surface area (Å²) < 4.78 is 0. The summed E-state index contributed by atoms with van der Waals surface area (Å²) in [6, 6.07) is 17.7. The Morgan fingerprint density at radius 2 is 1.91 bits per heavy atom. The molecule has 112 valence electrons. The number of amides is 1. The summed E-state index contributed by atoms with van der Waals surface area (Å²) in [6.45, 7) is 0.694. The number of aryl methyl sites for hydroxylation is 1. The van der Waals surface area contributed by atoms with E-state index in [9.17, 15) is 4.79 Å². The normalized spacial score (nSPS) is 13.9. The molecule has 0 spiro atoms. The van der Waals surface area contributed by atoms with Gasteiger partial charge in [0.1, 0.15) is 0 Å². The van der Waals surface area contributed by atoms with Gasteiger partial charge in [-0.1, -0.05) is 53.7 Å². The lowest BCUT2D eigenvalue weighted by Crippen LogP contribution is -2.37. The molecule has 1 amide bonds. The Hall–Kier alpha value is -2.62. The average molecular weight is 294 g/mol. The molecule has 4 heteroatoms. The summed E-state index contributed by atoms with van der Waals surface area (Å²) in [5.41, 5.74) is 3.16. The summed E-state index contributed by atoms with van der Waals surface area (Å²) in [7, 11) is 0. The van der Waals surface area contributed by atoms with Crippen molar-refractivity contribution in [3.05, 3.63) is 65.7 Å². The predicted molar refractivity (Wildman–Crippen MR) is 87.1 cm³/mol. The van der Waals surface area contributed by atoms with Crippen molar-refractivity contribution < 1.29 is 9.63 Å². The fraction of sp³-hybridized carbons (Fsp3) is 0.222. The monoisotopic (exact) mass is 294 g/mol. The van der Waals surface area contributed by atoms with Crippen molar-refractivity contribution in [1.82, 2.24) is 0 Å². The van der Waals surface area contributed by atoms with Gasteiger partial charge >= 0.3 is 0 Å². The van der Waals surface area contributed by atoms with Crippen LogP contribution in [-0.4, -0.2) is 25.3 Å². The number of oxime groups is 1. The number of nitrogens with zero attached hydrogens (tertiary/aromatic N) is 2. The zero-order valence-electron chi connectivity index (χ0n) is 12.3. The number of rotatable bonds is 4. The second-order valence-corrected chi connectivity index (χ2v) is 5.20. The summed E-state index contributed by atoms with van der Waals surface area (Å²) in [4.78, 5) is 19.2. The molecule has 22 heavy (non-hydrogen) atoms. The van der Waals surface area contributed by atoms with Gasteiger partial charge in [-0.05, 0) is 30.0 Å². The molecule has 3 rings (SSSR count). The van der Waals surface area contributed by atoms with Crippen LogP contribution in [0, 0.1) is 0 Å². The van der Waals surface area contributed by atoms with Crippen LogP contribution in [0.3, 0.4) is 0 Å². The number of carbonyl (C=O) groups is 1. The van der Waals surface area contributed by atoms with E-state index in [1.807, 2.05) is 48.5 Å². The van der Waals surface area contributed by atoms with Crippen LogP contribution in [0.1, 0.15) is 17.5 Å². The third kappa shape index (κ3) is 3.34. The number of fused-ring (bicyclic) bond motifs is 1. The van der Waals surface area contributed by atoms with E-state index in [4.69, 9.17) is 4.84 Å². The molecule has 0 atom stereocenters. The molecule has 0 unspecified atom stereocenters. The second-order valence-electron chi connectivity index (χ2n) is 5.20. The molecule has 4 nitrogen and oxygen atoms in total. The molecule has 1 aliphatic heterocycles. The van der Waals surface area contributed by atoms with Gasteiger partial charge in [-0.25, -0.2) is 0 Å². The Morgan fingerprint density at radius 3 is 2.77 bits per heavy atom. The van der Waals surface area contributed by atoms with E-state index in [2.05, 4.69) is 11.2 Å². The molecule has 0 fully saturated rings. The SMILES string of the molecule is O=C(CO/N=C\c1ccccc1)N1CCCc2ccccc21. The average Bonchev–Trinajstić information content (AvgIpc) is 2.59. The van der Waals surface area contributed by atoms with Crippen LogP contribution in [0.4, 0.5) is 5.69 Å². The smallest absolute Gasteiger partial charge is 0.267 e. The zero-order chi connectivity index (χ0) is 15.2. The minimum Gasteiger partial charge on any atom is -0.386 e. The first kappa shape index (κ1) is 14.3. The molecule has 1 aliphatic rings. The maximum atomic E-state index is 12.3. The summed E-state index contributed by atoms with van der Waals surface area (Å²) in [5.74, 6) is -0.0580. The zero-order valence-corrected chi connectivity index (χ0v) is 12.3. The quantitative estimate of drug-likeness (QED) is 0.642. The van der Waals surface area contributed by atoms with Crippen LogP contribution in [-0.2, 0) is 16.1 Å². The van der Waals surface area contributed by atoms with E-state index < -0.39 is 0 Å². The van der Waals surface area contributed by atoms with Gasteiger partial charge in [-0.2, -0.15) is 0 Å². The summed E-state index contributed by atoms with van der Waals surface area (Å²) >= 11 is 0. The van der Waals surface area contributed by atoms with Crippen LogP contribution in [0.15, 0.2) is 59.8 Å². The van der Waals surface area contributed by atoms with Crippen LogP contribution >= 0.6 is 0 Å². The first-order valence-corrected chi connectivity index (χ1v) is 7.43. The number of carbonyl (C=O) groups excluding carboxylic acids is 1. The third-order valence-corrected chi connectivity index (χ3v) is 3.68. The minimum absolute atomic E-state index is 0.0440. The highest BCUT2D eigenvalue weighted by Crippen LogP contribution is 2.26. The van der Waals surface area contributed by atoms with Crippen molar-refractivity contribution in [2.45, 2.75) is 12.8 Å². The number of hydrogen-bond donors (Lipinski definition) is 0. The molecule has 0 aromatic heterocycles. The van der Waals surface area contributed by atoms with Gasteiger partial charge in [0.05, 0.1) is 6.21 Å². The van der Waals surface area contributed by atoms with Crippen molar-refractivity contribution in [3.63, 3.8) is 0 Å². The number of anilines is 1. The van der Waals surface area contributed by atoms with E-state index in [0.29, 0.717) is 0 Å². The lowest BCUT2D eigenvalue weighted by atomic mass is 10.0. The summed E-state index contributed by atoms with van der Waals surface area (Å²) in [5, 5.41) is 3.86. The fourth-order valence-corrected chi connectivity index (χ4v) is 2.60. The molecule has 0 saturated heterocycles. The highest BCUT2D eigenvalue weighted by molar-refractivity contribution is 5.95. The van der Waals surface area contributed by atoms with E-state index in [1.165, 1.54) is 5.56 Å². The number of para-hydroxylation sites is 1. The van der Waals surface area contributed by atoms with Gasteiger partial charge in [0.15, 0.2) is 6.61 Å². The van der Waals surface area contributed by atoms with Crippen molar-refractivity contribution in [3.8, 4) is 0 Å². The van der Waals surface area contributed by atoms with Crippen molar-refractivity contribution in [2.75, 3.05) is 18.1 Å². The van der Waals surface area contributed by atoms with E-state index >= 15 is 0 Å². The molecule has 0 bridgehead atoms. The molecule has 0 saturated carbocycles. The van der Waals surface area contributed by atoms with Crippen LogP contribution in [0.2, 0.25) is 0 Å². The Balaban J connectivity index is 1.58. The van der Waals surface area contributed by atoms with E-state index in [1.54, 1.807) is 11.1 Å². The van der Waals surface area contributed by atoms with Gasteiger partial charge in [0.25, 0.3) is 5.91 Å². The van der Waals surface area contributed by atoms with Crippen molar-refractivity contribution in [1.29, 1.82) is 0 Å². The first-order valence-electron chi connectivity index (χ1n) is 7.43. The molecule has 2 aromatic rings. The maximum absolute atomic E-state index is 12.3. The Bertz CT molecular complexity index is 668.